The molecule has 0 atom stereocenters. The zero-order chi connectivity index (χ0) is 18.8. The molecule has 4 rings (SSSR count). The number of aliphatic carboxylic acids is 1. The molecule has 2 aromatic carbocycles. The summed E-state index contributed by atoms with van der Waals surface area (Å²) in [7, 11) is 0. The predicted molar refractivity (Wildman–Crippen MR) is 108 cm³/mol. The first-order valence-corrected chi connectivity index (χ1v) is 9.89. The average Bonchev–Trinajstić information content (AvgIpc) is 2.70. The highest BCUT2D eigenvalue weighted by molar-refractivity contribution is 5.94. The van der Waals surface area contributed by atoms with Crippen molar-refractivity contribution in [3.8, 4) is 0 Å². The molecule has 0 radical (unpaired) electrons. The lowest BCUT2D eigenvalue weighted by molar-refractivity contribution is -0.137. The topological polar surface area (TPSA) is 59.3 Å². The van der Waals surface area contributed by atoms with Crippen LogP contribution in [0.4, 0.5) is 0 Å². The number of carbonyl (C=O) groups is 1. The molecule has 1 N–H and O–H groups in total. The Kier molecular flexibility index (Phi) is 4.97. The van der Waals surface area contributed by atoms with E-state index in [4.69, 9.17) is 0 Å². The number of benzene rings is 2. The standard InChI is InChI=1S/C23H25NO3/c25-22(26)15-24-20-9-5-4-8-18(20)23(27)19-14-17(12-13-21(19)24)11-10-16-6-2-1-3-7-16/h4-5,8-9,12-14,16H,1-3,6-7,10-11,15H2,(H,25,26). The van der Waals surface area contributed by atoms with Crippen molar-refractivity contribution in [3.05, 3.63) is 58.3 Å². The van der Waals surface area contributed by atoms with E-state index in [2.05, 4.69) is 6.07 Å². The van der Waals surface area contributed by atoms with E-state index in [1.807, 2.05) is 30.3 Å². The number of nitrogens with zero attached hydrogens (tertiary/aromatic N) is 1. The van der Waals surface area contributed by atoms with Crippen LogP contribution < -0.4 is 5.43 Å². The second-order valence-corrected chi connectivity index (χ2v) is 7.72. The summed E-state index contributed by atoms with van der Waals surface area (Å²) < 4.78 is 1.74. The fraction of sp³-hybridized carbons (Fsp3) is 0.391. The van der Waals surface area contributed by atoms with Gasteiger partial charge in [-0.3, -0.25) is 9.59 Å². The maximum Gasteiger partial charge on any atom is 0.323 e. The van der Waals surface area contributed by atoms with E-state index in [0.29, 0.717) is 21.8 Å². The van der Waals surface area contributed by atoms with Crippen LogP contribution in [0.1, 0.15) is 44.1 Å². The van der Waals surface area contributed by atoms with E-state index in [1.54, 1.807) is 10.6 Å². The van der Waals surface area contributed by atoms with Gasteiger partial charge in [-0.2, -0.15) is 0 Å². The van der Waals surface area contributed by atoms with Crippen LogP contribution in [0.15, 0.2) is 47.3 Å². The number of fused-ring (bicyclic) bond motifs is 2. The van der Waals surface area contributed by atoms with Gasteiger partial charge in [-0.05, 0) is 48.6 Å². The molecule has 1 heterocycles. The summed E-state index contributed by atoms with van der Waals surface area (Å²) in [4.78, 5) is 24.4. The molecule has 0 aliphatic heterocycles. The Hall–Kier alpha value is -2.62. The largest absolute Gasteiger partial charge is 0.480 e. The SMILES string of the molecule is O=C(O)Cn1c2ccccc2c(=O)c2cc(CCC3CCCCC3)ccc21. The fourth-order valence-corrected chi connectivity index (χ4v) is 4.48. The minimum absolute atomic E-state index is 0.0123. The lowest BCUT2D eigenvalue weighted by Crippen LogP contribution is -2.16. The van der Waals surface area contributed by atoms with Gasteiger partial charge in [0.25, 0.3) is 0 Å². The molecule has 0 amide bonds. The Morgan fingerprint density at radius 2 is 1.74 bits per heavy atom. The van der Waals surface area contributed by atoms with E-state index in [1.165, 1.54) is 44.1 Å². The zero-order valence-electron chi connectivity index (χ0n) is 15.5. The maximum atomic E-state index is 13.0. The Morgan fingerprint density at radius 3 is 2.52 bits per heavy atom. The number of hydrogen-bond acceptors (Lipinski definition) is 2. The summed E-state index contributed by atoms with van der Waals surface area (Å²) in [6.45, 7) is -0.154. The van der Waals surface area contributed by atoms with Gasteiger partial charge in [0.05, 0.1) is 11.0 Å². The van der Waals surface area contributed by atoms with Gasteiger partial charge in [0.1, 0.15) is 6.54 Å². The molecule has 0 saturated heterocycles. The normalized spacial score (nSPS) is 15.4. The Labute approximate surface area is 158 Å². The minimum Gasteiger partial charge on any atom is -0.480 e. The van der Waals surface area contributed by atoms with Crippen molar-refractivity contribution in [3.63, 3.8) is 0 Å². The Morgan fingerprint density at radius 1 is 1.00 bits per heavy atom. The van der Waals surface area contributed by atoms with Crippen molar-refractivity contribution >= 4 is 27.8 Å². The molecule has 3 aromatic rings. The molecule has 4 nitrogen and oxygen atoms in total. The van der Waals surface area contributed by atoms with Gasteiger partial charge in [0.2, 0.25) is 0 Å². The smallest absolute Gasteiger partial charge is 0.323 e. The first-order chi connectivity index (χ1) is 13.1. The molecular formula is C23H25NO3. The molecule has 1 aromatic heterocycles. The van der Waals surface area contributed by atoms with E-state index in [9.17, 15) is 14.7 Å². The van der Waals surface area contributed by atoms with Gasteiger partial charge in [-0.15, -0.1) is 0 Å². The monoisotopic (exact) mass is 363 g/mol. The summed E-state index contributed by atoms with van der Waals surface area (Å²) >= 11 is 0. The number of pyridine rings is 1. The summed E-state index contributed by atoms with van der Waals surface area (Å²) in [5.41, 5.74) is 2.53. The Bertz CT molecular complexity index is 1040. The third-order valence-corrected chi connectivity index (χ3v) is 5.90. The van der Waals surface area contributed by atoms with Crippen LogP contribution in [0, 0.1) is 5.92 Å². The molecule has 27 heavy (non-hydrogen) atoms. The second kappa shape index (κ2) is 7.55. The molecule has 0 bridgehead atoms. The summed E-state index contributed by atoms with van der Waals surface area (Å²) in [5.74, 6) is -0.110. The van der Waals surface area contributed by atoms with Gasteiger partial charge in [0, 0.05) is 10.8 Å². The number of aryl methyl sites for hydroxylation is 1. The van der Waals surface area contributed by atoms with Crippen LogP contribution in [-0.2, 0) is 17.8 Å². The van der Waals surface area contributed by atoms with Crippen molar-refractivity contribution in [2.75, 3.05) is 0 Å². The predicted octanol–water partition coefficient (Wildman–Crippen LogP) is 4.75. The van der Waals surface area contributed by atoms with Crippen LogP contribution in [0.3, 0.4) is 0 Å². The number of hydrogen-bond donors (Lipinski definition) is 1. The summed E-state index contributed by atoms with van der Waals surface area (Å²) in [5, 5.41) is 10.5. The van der Waals surface area contributed by atoms with Crippen LogP contribution in [0.5, 0.6) is 0 Å². The number of rotatable bonds is 5. The lowest BCUT2D eigenvalue weighted by Gasteiger charge is -2.21. The minimum atomic E-state index is -0.911. The number of carboxylic acids is 1. The van der Waals surface area contributed by atoms with Crippen molar-refractivity contribution < 1.29 is 9.90 Å². The van der Waals surface area contributed by atoms with Crippen molar-refractivity contribution in [2.45, 2.75) is 51.5 Å². The first-order valence-electron chi connectivity index (χ1n) is 9.89. The first kappa shape index (κ1) is 17.8. The van der Waals surface area contributed by atoms with Crippen LogP contribution in [0.2, 0.25) is 0 Å². The third-order valence-electron chi connectivity index (χ3n) is 5.90. The molecule has 1 aliphatic carbocycles. The molecule has 4 heteroatoms. The van der Waals surface area contributed by atoms with E-state index in [-0.39, 0.29) is 12.0 Å². The van der Waals surface area contributed by atoms with Crippen LogP contribution in [-0.4, -0.2) is 15.6 Å². The van der Waals surface area contributed by atoms with Gasteiger partial charge < -0.3 is 9.67 Å². The number of carboxylic acid groups (broad SMARTS) is 1. The van der Waals surface area contributed by atoms with Crippen LogP contribution in [0.25, 0.3) is 21.8 Å². The average molecular weight is 363 g/mol. The molecule has 0 spiro atoms. The summed E-state index contributed by atoms with van der Waals surface area (Å²) in [6.07, 6.45) is 8.84. The maximum absolute atomic E-state index is 13.0. The van der Waals surface area contributed by atoms with E-state index >= 15 is 0 Å². The Balaban J connectivity index is 1.76. The zero-order valence-corrected chi connectivity index (χ0v) is 15.5. The van der Waals surface area contributed by atoms with Crippen molar-refractivity contribution in [1.29, 1.82) is 0 Å². The molecule has 0 unspecified atom stereocenters. The second-order valence-electron chi connectivity index (χ2n) is 7.72. The molecule has 1 aliphatic rings. The highest BCUT2D eigenvalue weighted by atomic mass is 16.4. The lowest BCUT2D eigenvalue weighted by atomic mass is 9.85. The highest BCUT2D eigenvalue weighted by Gasteiger charge is 2.15. The molecule has 140 valence electrons. The number of para-hydroxylation sites is 1. The van der Waals surface area contributed by atoms with Gasteiger partial charge in [0.15, 0.2) is 5.43 Å². The van der Waals surface area contributed by atoms with Crippen LogP contribution >= 0.6 is 0 Å². The highest BCUT2D eigenvalue weighted by Crippen LogP contribution is 2.28. The summed E-state index contributed by atoms with van der Waals surface area (Å²) in [6, 6.07) is 13.2. The third kappa shape index (κ3) is 3.61. The molecular weight excluding hydrogens is 338 g/mol. The van der Waals surface area contributed by atoms with Gasteiger partial charge >= 0.3 is 5.97 Å². The molecule has 1 fully saturated rings. The van der Waals surface area contributed by atoms with Gasteiger partial charge in [-0.1, -0.05) is 50.3 Å². The van der Waals surface area contributed by atoms with Crippen molar-refractivity contribution in [2.24, 2.45) is 5.92 Å². The van der Waals surface area contributed by atoms with Gasteiger partial charge in [-0.25, -0.2) is 0 Å². The molecule has 1 saturated carbocycles. The quantitative estimate of drug-likeness (QED) is 0.665. The van der Waals surface area contributed by atoms with Crippen molar-refractivity contribution in [1.82, 2.24) is 4.57 Å². The number of aromatic nitrogens is 1. The fourth-order valence-electron chi connectivity index (χ4n) is 4.48. The van der Waals surface area contributed by atoms with E-state index < -0.39 is 5.97 Å². The van der Waals surface area contributed by atoms with E-state index in [0.717, 1.165) is 12.3 Å².